The van der Waals surface area contributed by atoms with Crippen molar-refractivity contribution in [2.75, 3.05) is 19.8 Å². The van der Waals surface area contributed by atoms with Gasteiger partial charge in [0, 0.05) is 13.5 Å². The summed E-state index contributed by atoms with van der Waals surface area (Å²) in [7, 11) is 0. The topological polar surface area (TPSA) is 76.7 Å². The van der Waals surface area contributed by atoms with E-state index in [4.69, 9.17) is 9.47 Å². The number of ether oxygens (including phenoxy) is 2. The van der Waals surface area contributed by atoms with Gasteiger partial charge in [-0.1, -0.05) is 19.9 Å². The summed E-state index contributed by atoms with van der Waals surface area (Å²) in [5, 5.41) is 5.57. The molecule has 0 saturated carbocycles. The van der Waals surface area contributed by atoms with Crippen LogP contribution < -0.4 is 20.1 Å². The molecule has 1 atom stereocenters. The summed E-state index contributed by atoms with van der Waals surface area (Å²) >= 11 is 0. The third-order valence-corrected chi connectivity index (χ3v) is 3.63. The molecule has 140 valence electrons. The molecule has 6 heteroatoms. The van der Waals surface area contributed by atoms with E-state index in [0.717, 1.165) is 11.3 Å². The van der Waals surface area contributed by atoms with Gasteiger partial charge < -0.3 is 20.1 Å². The number of rotatable bonds is 10. The fraction of sp³-hybridized carbons (Fsp3) is 0.579. The molecule has 0 aliphatic carbocycles. The van der Waals surface area contributed by atoms with E-state index in [9.17, 15) is 9.59 Å². The minimum Gasteiger partial charge on any atom is -0.490 e. The van der Waals surface area contributed by atoms with Crippen molar-refractivity contribution in [2.24, 2.45) is 5.92 Å². The molecule has 1 rings (SSSR count). The van der Waals surface area contributed by atoms with Crippen LogP contribution in [-0.2, 0) is 16.0 Å². The Kier molecular flexibility index (Phi) is 8.81. The lowest BCUT2D eigenvalue weighted by Crippen LogP contribution is -2.49. The highest BCUT2D eigenvalue weighted by Gasteiger charge is 2.22. The molecule has 0 aliphatic rings. The maximum Gasteiger partial charge on any atom is 0.242 e. The van der Waals surface area contributed by atoms with Gasteiger partial charge in [0.05, 0.1) is 13.2 Å². The van der Waals surface area contributed by atoms with Gasteiger partial charge in [-0.15, -0.1) is 0 Å². The molecule has 0 saturated heterocycles. The third-order valence-electron chi connectivity index (χ3n) is 3.63. The molecule has 0 radical (unpaired) electrons. The van der Waals surface area contributed by atoms with Crippen molar-refractivity contribution >= 4 is 11.8 Å². The largest absolute Gasteiger partial charge is 0.490 e. The first kappa shape index (κ1) is 20.8. The van der Waals surface area contributed by atoms with Gasteiger partial charge in [-0.05, 0) is 43.9 Å². The van der Waals surface area contributed by atoms with E-state index >= 15 is 0 Å². The zero-order valence-electron chi connectivity index (χ0n) is 15.8. The van der Waals surface area contributed by atoms with Gasteiger partial charge in [-0.3, -0.25) is 9.59 Å². The van der Waals surface area contributed by atoms with Gasteiger partial charge in [-0.25, -0.2) is 0 Å². The Labute approximate surface area is 150 Å². The molecule has 2 N–H and O–H groups in total. The van der Waals surface area contributed by atoms with Gasteiger partial charge in [0.25, 0.3) is 0 Å². The Bertz CT molecular complexity index is 573. The van der Waals surface area contributed by atoms with Crippen molar-refractivity contribution in [1.29, 1.82) is 0 Å². The van der Waals surface area contributed by atoms with Crippen molar-refractivity contribution in [3.05, 3.63) is 23.8 Å². The minimum atomic E-state index is -0.517. The van der Waals surface area contributed by atoms with Crippen LogP contribution in [0.15, 0.2) is 18.2 Å². The van der Waals surface area contributed by atoms with E-state index in [0.29, 0.717) is 31.9 Å². The maximum atomic E-state index is 12.2. The van der Waals surface area contributed by atoms with E-state index in [2.05, 4.69) is 10.6 Å². The van der Waals surface area contributed by atoms with E-state index in [1.165, 1.54) is 6.92 Å². The number of amides is 2. The first-order valence-electron chi connectivity index (χ1n) is 8.82. The molecule has 0 aliphatic heterocycles. The molecule has 25 heavy (non-hydrogen) atoms. The standard InChI is InChI=1S/C19H30N2O4/c1-6-24-16-9-8-15(12-17(16)25-7-2)10-11-20-19(23)18(13(3)4)21-14(5)22/h8-9,12-13,18H,6-7,10-11H2,1-5H3,(H,20,23)(H,21,22). The smallest absolute Gasteiger partial charge is 0.242 e. The highest BCUT2D eigenvalue weighted by Crippen LogP contribution is 2.28. The zero-order valence-corrected chi connectivity index (χ0v) is 15.8. The number of hydrogen-bond acceptors (Lipinski definition) is 4. The Balaban J connectivity index is 2.63. The second-order valence-electron chi connectivity index (χ2n) is 6.11. The monoisotopic (exact) mass is 350 g/mol. The van der Waals surface area contributed by atoms with E-state index in [-0.39, 0.29) is 17.7 Å². The Morgan fingerprint density at radius 2 is 1.72 bits per heavy atom. The molecule has 0 fully saturated rings. The summed E-state index contributed by atoms with van der Waals surface area (Å²) in [6.45, 7) is 10.7. The maximum absolute atomic E-state index is 12.2. The van der Waals surface area contributed by atoms with Crippen LogP contribution in [0.2, 0.25) is 0 Å². The van der Waals surface area contributed by atoms with Crippen LogP contribution in [0, 0.1) is 5.92 Å². The van der Waals surface area contributed by atoms with Gasteiger partial charge in [0.2, 0.25) is 11.8 Å². The molecule has 0 bridgehead atoms. The van der Waals surface area contributed by atoms with Gasteiger partial charge in [0.1, 0.15) is 6.04 Å². The van der Waals surface area contributed by atoms with Crippen LogP contribution in [0.1, 0.15) is 40.2 Å². The lowest BCUT2D eigenvalue weighted by Gasteiger charge is -2.21. The molecule has 2 amide bonds. The van der Waals surface area contributed by atoms with Crippen molar-refractivity contribution in [2.45, 2.75) is 47.1 Å². The summed E-state index contributed by atoms with van der Waals surface area (Å²) in [6, 6.07) is 5.28. The number of hydrogen-bond donors (Lipinski definition) is 2. The Hall–Kier alpha value is -2.24. The normalized spacial score (nSPS) is 11.8. The van der Waals surface area contributed by atoms with E-state index in [1.54, 1.807) is 0 Å². The second-order valence-corrected chi connectivity index (χ2v) is 6.11. The summed E-state index contributed by atoms with van der Waals surface area (Å²) in [5.74, 6) is 1.09. The minimum absolute atomic E-state index is 0.0268. The quantitative estimate of drug-likeness (QED) is 0.679. The predicted molar refractivity (Wildman–Crippen MR) is 97.9 cm³/mol. The SMILES string of the molecule is CCOc1ccc(CCNC(=O)C(NC(C)=O)C(C)C)cc1OCC. The molecule has 6 nitrogen and oxygen atoms in total. The summed E-state index contributed by atoms with van der Waals surface area (Å²) in [4.78, 5) is 23.5. The average molecular weight is 350 g/mol. The van der Waals surface area contributed by atoms with Gasteiger partial charge >= 0.3 is 0 Å². The molecule has 0 heterocycles. The molecular weight excluding hydrogens is 320 g/mol. The molecular formula is C19H30N2O4. The Morgan fingerprint density at radius 3 is 2.28 bits per heavy atom. The molecule has 0 spiro atoms. The summed E-state index contributed by atoms with van der Waals surface area (Å²) < 4.78 is 11.2. The fourth-order valence-electron chi connectivity index (χ4n) is 2.44. The summed E-state index contributed by atoms with van der Waals surface area (Å²) in [6.07, 6.45) is 0.670. The number of benzene rings is 1. The molecule has 1 aromatic rings. The van der Waals surface area contributed by atoms with Gasteiger partial charge in [0.15, 0.2) is 11.5 Å². The van der Waals surface area contributed by atoms with Crippen LogP contribution in [0.4, 0.5) is 0 Å². The van der Waals surface area contributed by atoms with Crippen molar-refractivity contribution in [3.63, 3.8) is 0 Å². The predicted octanol–water partition coefficient (Wildman–Crippen LogP) is 2.30. The van der Waals surface area contributed by atoms with Crippen LogP contribution >= 0.6 is 0 Å². The summed E-state index contributed by atoms with van der Waals surface area (Å²) in [5.41, 5.74) is 1.05. The number of carbonyl (C=O) groups excluding carboxylic acids is 2. The number of carbonyl (C=O) groups is 2. The first-order valence-corrected chi connectivity index (χ1v) is 8.82. The van der Waals surface area contributed by atoms with Gasteiger partial charge in [-0.2, -0.15) is 0 Å². The van der Waals surface area contributed by atoms with E-state index < -0.39 is 6.04 Å². The lowest BCUT2D eigenvalue weighted by atomic mass is 10.0. The highest BCUT2D eigenvalue weighted by atomic mass is 16.5. The van der Waals surface area contributed by atoms with Crippen LogP contribution in [0.5, 0.6) is 11.5 Å². The molecule has 0 aromatic heterocycles. The van der Waals surface area contributed by atoms with Crippen LogP contribution in [-0.4, -0.2) is 37.6 Å². The highest BCUT2D eigenvalue weighted by molar-refractivity contribution is 5.87. The lowest BCUT2D eigenvalue weighted by molar-refractivity contribution is -0.129. The van der Waals surface area contributed by atoms with Crippen molar-refractivity contribution in [1.82, 2.24) is 10.6 Å². The zero-order chi connectivity index (χ0) is 18.8. The van der Waals surface area contributed by atoms with Crippen LogP contribution in [0.3, 0.4) is 0 Å². The van der Waals surface area contributed by atoms with Crippen molar-refractivity contribution in [3.8, 4) is 11.5 Å². The number of nitrogens with one attached hydrogen (secondary N) is 2. The fourth-order valence-corrected chi connectivity index (χ4v) is 2.44. The van der Waals surface area contributed by atoms with E-state index in [1.807, 2.05) is 45.9 Å². The Morgan fingerprint density at radius 1 is 1.08 bits per heavy atom. The molecule has 1 aromatic carbocycles. The second kappa shape index (κ2) is 10.6. The van der Waals surface area contributed by atoms with Crippen LogP contribution in [0.25, 0.3) is 0 Å². The first-order chi connectivity index (χ1) is 11.9. The van der Waals surface area contributed by atoms with Crippen molar-refractivity contribution < 1.29 is 19.1 Å². The average Bonchev–Trinajstić information content (AvgIpc) is 2.54. The third kappa shape index (κ3) is 7.03. The molecule has 1 unspecified atom stereocenters.